The average Bonchev–Trinajstić information content (AvgIpc) is 3.99. The third-order valence-corrected chi connectivity index (χ3v) is 8.66. The minimum absolute atomic E-state index is 0.0695. The first-order valence-corrected chi connectivity index (χ1v) is 17.6. The van der Waals surface area contributed by atoms with Crippen molar-refractivity contribution in [2.24, 2.45) is 4.99 Å². The lowest BCUT2D eigenvalue weighted by Gasteiger charge is -2.19. The molecule has 3 amide bonds. The number of carbonyl (C=O) groups excluding carboxylic acids is 4. The summed E-state index contributed by atoms with van der Waals surface area (Å²) in [6.07, 6.45) is -3.30. The second-order valence-electron chi connectivity index (χ2n) is 12.7. The van der Waals surface area contributed by atoms with Crippen LogP contribution in [0.15, 0.2) is 108 Å². The predicted octanol–water partition coefficient (Wildman–Crippen LogP) is 5.96. The largest absolute Gasteiger partial charge is 0.477 e. The SMILES string of the molecule is O=C(O)C(CNC(=O)C(=O)Nc1ccc(C(=O)c2ccccc2)cc1)=NC(=O)c1ccc(Nc2nc(NC3(c4ccc(Cl)cc4)CC3)nc(OCC(F)(F)F)n2)cc1. The van der Waals surface area contributed by atoms with Gasteiger partial charge in [0.2, 0.25) is 11.9 Å². The van der Waals surface area contributed by atoms with E-state index in [1.165, 1.54) is 48.5 Å². The molecule has 5 aromatic rings. The van der Waals surface area contributed by atoms with E-state index in [-0.39, 0.29) is 34.6 Å². The fourth-order valence-electron chi connectivity index (χ4n) is 5.34. The quantitative estimate of drug-likeness (QED) is 0.0499. The topological polar surface area (TPSA) is 214 Å². The van der Waals surface area contributed by atoms with E-state index in [0.29, 0.717) is 29.0 Å². The van der Waals surface area contributed by atoms with Crippen LogP contribution in [-0.4, -0.2) is 74.6 Å². The summed E-state index contributed by atoms with van der Waals surface area (Å²) in [5, 5.41) is 20.6. The van der Waals surface area contributed by atoms with Crippen molar-refractivity contribution in [3.05, 3.63) is 130 Å². The molecule has 19 heteroatoms. The van der Waals surface area contributed by atoms with Crippen LogP contribution >= 0.6 is 11.6 Å². The van der Waals surface area contributed by atoms with Crippen LogP contribution in [0.5, 0.6) is 6.01 Å². The molecule has 0 saturated heterocycles. The van der Waals surface area contributed by atoms with Crippen LogP contribution in [0.4, 0.5) is 36.4 Å². The number of carboxylic acid groups (broad SMARTS) is 1. The maximum absolute atomic E-state index is 13.0. The van der Waals surface area contributed by atoms with Crippen LogP contribution < -0.4 is 26.0 Å². The zero-order valence-electron chi connectivity index (χ0n) is 29.8. The summed E-state index contributed by atoms with van der Waals surface area (Å²) in [5.41, 5.74) is 0.701. The highest BCUT2D eigenvalue weighted by molar-refractivity contribution is 6.42. The molecule has 1 aliphatic rings. The van der Waals surface area contributed by atoms with Gasteiger partial charge < -0.3 is 31.1 Å². The van der Waals surface area contributed by atoms with Gasteiger partial charge in [0.15, 0.2) is 12.4 Å². The van der Waals surface area contributed by atoms with E-state index in [1.807, 2.05) is 12.1 Å². The number of carboxylic acids is 1. The lowest BCUT2D eigenvalue weighted by molar-refractivity contribution is -0.154. The Bertz CT molecular complexity index is 2380. The molecular formula is C39H30ClF3N8O7. The summed E-state index contributed by atoms with van der Waals surface area (Å²) in [5.74, 6) is -5.51. The van der Waals surface area contributed by atoms with Gasteiger partial charge in [0.05, 0.1) is 12.1 Å². The zero-order chi connectivity index (χ0) is 41.5. The third-order valence-electron chi connectivity index (χ3n) is 8.41. The van der Waals surface area contributed by atoms with Crippen molar-refractivity contribution >= 4 is 70.1 Å². The van der Waals surface area contributed by atoms with Crippen LogP contribution in [0.1, 0.15) is 44.7 Å². The number of hydrogen-bond acceptors (Lipinski definition) is 11. The lowest BCUT2D eigenvalue weighted by atomic mass is 10.0. The smallest absolute Gasteiger partial charge is 0.422 e. The van der Waals surface area contributed by atoms with E-state index >= 15 is 0 Å². The molecular weight excluding hydrogens is 785 g/mol. The monoisotopic (exact) mass is 814 g/mol. The Balaban J connectivity index is 1.07. The maximum atomic E-state index is 13.0. The molecule has 1 aromatic heterocycles. The Morgan fingerprint density at radius 3 is 1.98 bits per heavy atom. The number of anilines is 4. The maximum Gasteiger partial charge on any atom is 0.422 e. The van der Waals surface area contributed by atoms with Gasteiger partial charge in [-0.3, -0.25) is 19.2 Å². The van der Waals surface area contributed by atoms with Crippen molar-refractivity contribution in [1.29, 1.82) is 0 Å². The second kappa shape index (κ2) is 17.3. The van der Waals surface area contributed by atoms with Gasteiger partial charge in [0.1, 0.15) is 5.71 Å². The number of alkyl halides is 3. The Labute approximate surface area is 331 Å². The first kappa shape index (κ1) is 40.5. The number of halogens is 4. The highest BCUT2D eigenvalue weighted by Crippen LogP contribution is 2.48. The number of nitrogens with one attached hydrogen (secondary N) is 4. The fraction of sp³-hybridized carbons (Fsp3) is 0.154. The molecule has 0 bridgehead atoms. The number of rotatable bonds is 14. The van der Waals surface area contributed by atoms with E-state index in [2.05, 4.69) is 41.2 Å². The Kier molecular flexibility index (Phi) is 12.1. The van der Waals surface area contributed by atoms with E-state index in [0.717, 1.165) is 5.56 Å². The molecule has 1 heterocycles. The Morgan fingerprint density at radius 1 is 0.759 bits per heavy atom. The standard InChI is InChI=1S/C39H30ClF3N8O7/c40-26-12-10-25(11-13-26)38(18-19-38)51-36-48-35(49-37(50-36)58-21-39(41,42)43)46-28-16-8-24(9-17-28)31(53)47-29(34(56)57)20-44-32(54)33(55)45-27-14-6-23(7-15-27)30(52)22-4-2-1-3-5-22/h1-17H,18-21H2,(H,44,54)(H,45,55)(H,56,57)(H2,46,48,49,50,51). The van der Waals surface area contributed by atoms with Gasteiger partial charge >= 0.3 is 30.0 Å². The molecule has 58 heavy (non-hydrogen) atoms. The van der Waals surface area contributed by atoms with Gasteiger partial charge in [0, 0.05) is 33.1 Å². The molecule has 1 aliphatic carbocycles. The third kappa shape index (κ3) is 10.8. The molecule has 0 unspecified atom stereocenters. The molecule has 1 fully saturated rings. The summed E-state index contributed by atoms with van der Waals surface area (Å²) in [4.78, 5) is 78.1. The molecule has 15 nitrogen and oxygen atoms in total. The Morgan fingerprint density at radius 2 is 1.36 bits per heavy atom. The number of carbonyl (C=O) groups is 5. The molecule has 5 N–H and O–H groups in total. The van der Waals surface area contributed by atoms with Crippen LogP contribution in [-0.2, 0) is 19.9 Å². The van der Waals surface area contributed by atoms with Gasteiger partial charge in [-0.1, -0.05) is 54.1 Å². The minimum Gasteiger partial charge on any atom is -0.477 e. The Hall–Kier alpha value is -7.21. The molecule has 0 atom stereocenters. The number of aliphatic imine (C=N–C) groups is 1. The number of aromatic nitrogens is 3. The van der Waals surface area contributed by atoms with E-state index in [1.54, 1.807) is 42.5 Å². The summed E-state index contributed by atoms with van der Waals surface area (Å²) in [7, 11) is 0. The van der Waals surface area contributed by atoms with Crippen LogP contribution in [0.25, 0.3) is 0 Å². The average molecular weight is 815 g/mol. The highest BCUT2D eigenvalue weighted by Gasteiger charge is 2.45. The molecule has 0 spiro atoms. The van der Waals surface area contributed by atoms with E-state index in [4.69, 9.17) is 16.3 Å². The van der Waals surface area contributed by atoms with E-state index < -0.39 is 60.3 Å². The summed E-state index contributed by atoms with van der Waals surface area (Å²) >= 11 is 6.02. The number of aliphatic carboxylic acids is 1. The lowest BCUT2D eigenvalue weighted by Crippen LogP contribution is -2.40. The zero-order valence-corrected chi connectivity index (χ0v) is 30.6. The van der Waals surface area contributed by atoms with Crippen LogP contribution in [0.3, 0.4) is 0 Å². The number of ketones is 1. The number of ether oxygens (including phenoxy) is 1. The number of hydrogen-bond donors (Lipinski definition) is 5. The predicted molar refractivity (Wildman–Crippen MR) is 204 cm³/mol. The van der Waals surface area contributed by atoms with Crippen LogP contribution in [0.2, 0.25) is 5.02 Å². The highest BCUT2D eigenvalue weighted by atomic mass is 35.5. The fourth-order valence-corrected chi connectivity index (χ4v) is 5.47. The van der Waals surface area contributed by atoms with Gasteiger partial charge in [-0.15, -0.1) is 0 Å². The molecule has 6 rings (SSSR count). The number of amides is 3. The first-order chi connectivity index (χ1) is 27.7. The van der Waals surface area contributed by atoms with Gasteiger partial charge in [-0.2, -0.15) is 28.1 Å². The van der Waals surface area contributed by atoms with Gasteiger partial charge in [-0.25, -0.2) is 9.79 Å². The van der Waals surface area contributed by atoms with Crippen molar-refractivity contribution in [3.8, 4) is 6.01 Å². The van der Waals surface area contributed by atoms with E-state index in [9.17, 15) is 42.3 Å². The van der Waals surface area contributed by atoms with Crippen molar-refractivity contribution in [1.82, 2.24) is 20.3 Å². The minimum atomic E-state index is -4.67. The van der Waals surface area contributed by atoms with Crippen molar-refractivity contribution < 1.29 is 47.0 Å². The normalized spacial score (nSPS) is 13.1. The van der Waals surface area contributed by atoms with Crippen LogP contribution in [0, 0.1) is 0 Å². The summed E-state index contributed by atoms with van der Waals surface area (Å²) in [6, 6.07) is 26.0. The van der Waals surface area contributed by atoms with Gasteiger partial charge in [0.25, 0.3) is 5.91 Å². The number of nitrogens with zero attached hydrogens (tertiary/aromatic N) is 4. The van der Waals surface area contributed by atoms with Crippen molar-refractivity contribution in [3.63, 3.8) is 0 Å². The number of benzene rings is 4. The second-order valence-corrected chi connectivity index (χ2v) is 13.1. The first-order valence-electron chi connectivity index (χ1n) is 17.2. The molecule has 0 aliphatic heterocycles. The molecule has 4 aromatic carbocycles. The van der Waals surface area contributed by atoms with Gasteiger partial charge in [-0.05, 0) is 79.1 Å². The van der Waals surface area contributed by atoms with Crippen molar-refractivity contribution in [2.75, 3.05) is 29.1 Å². The van der Waals surface area contributed by atoms with Crippen molar-refractivity contribution in [2.45, 2.75) is 24.6 Å². The summed E-state index contributed by atoms with van der Waals surface area (Å²) < 4.78 is 43.7. The molecule has 1 saturated carbocycles. The molecule has 0 radical (unpaired) electrons. The molecule has 296 valence electrons. The summed E-state index contributed by atoms with van der Waals surface area (Å²) in [6.45, 7) is -2.44.